The van der Waals surface area contributed by atoms with Crippen LogP contribution in [0.3, 0.4) is 0 Å². The number of hydrogen-bond donors (Lipinski definition) is 3. The van der Waals surface area contributed by atoms with Crippen LogP contribution in [0.2, 0.25) is 0 Å². The molecule has 3 aliphatic rings. The van der Waals surface area contributed by atoms with Gasteiger partial charge >= 0.3 is 11.6 Å². The van der Waals surface area contributed by atoms with Crippen LogP contribution in [0.4, 0.5) is 11.4 Å². The third-order valence-electron chi connectivity index (χ3n) is 8.12. The van der Waals surface area contributed by atoms with Crippen LogP contribution in [0.5, 0.6) is 0 Å². The van der Waals surface area contributed by atoms with E-state index in [4.69, 9.17) is 5.10 Å². The minimum Gasteiger partial charge on any atom is -0.390 e. The molecule has 1 aromatic carbocycles. The lowest BCUT2D eigenvalue weighted by Gasteiger charge is -2.36. The van der Waals surface area contributed by atoms with E-state index in [9.17, 15) is 15.1 Å². The maximum absolute atomic E-state index is 13.2. The highest BCUT2D eigenvalue weighted by Gasteiger charge is 2.46. The number of carbonyl (C=O) groups excluding carboxylic acids is 1. The van der Waals surface area contributed by atoms with E-state index >= 15 is 0 Å². The molecule has 0 radical (unpaired) electrons. The SMILES string of the molecule is CN(C)c1cc2nn(C3CCC(O)(C4CC4)CC3)cc2cc1NC(=O)c1cccc(C2CC2)[n+]1O. The Hall–Kier alpha value is -3.13. The van der Waals surface area contributed by atoms with Crippen molar-refractivity contribution in [1.82, 2.24) is 9.78 Å². The zero-order chi connectivity index (χ0) is 24.3. The van der Waals surface area contributed by atoms with E-state index in [-0.39, 0.29) is 17.6 Å². The summed E-state index contributed by atoms with van der Waals surface area (Å²) in [7, 11) is 3.88. The van der Waals surface area contributed by atoms with Crippen molar-refractivity contribution in [3.05, 3.63) is 47.9 Å². The summed E-state index contributed by atoms with van der Waals surface area (Å²) in [6, 6.07) is 9.57. The number of carbonyl (C=O) groups is 1. The van der Waals surface area contributed by atoms with Gasteiger partial charge in [-0.1, -0.05) is 0 Å². The Morgan fingerprint density at radius 2 is 1.89 bits per heavy atom. The Morgan fingerprint density at radius 1 is 1.14 bits per heavy atom. The number of pyridine rings is 1. The van der Waals surface area contributed by atoms with Gasteiger partial charge in [-0.05, 0) is 75.5 Å². The molecule has 0 atom stereocenters. The predicted octanol–water partition coefficient (Wildman–Crippen LogP) is 4.01. The highest BCUT2D eigenvalue weighted by molar-refractivity contribution is 6.05. The summed E-state index contributed by atoms with van der Waals surface area (Å²) < 4.78 is 3.08. The molecular weight excluding hydrogens is 442 g/mol. The van der Waals surface area contributed by atoms with Crippen LogP contribution in [-0.4, -0.2) is 45.7 Å². The largest absolute Gasteiger partial charge is 0.390 e. The Morgan fingerprint density at radius 3 is 2.54 bits per heavy atom. The molecule has 3 aromatic rings. The Labute approximate surface area is 205 Å². The Bertz CT molecular complexity index is 1280. The van der Waals surface area contributed by atoms with E-state index < -0.39 is 5.60 Å². The van der Waals surface area contributed by atoms with Crippen LogP contribution in [0.1, 0.15) is 79.5 Å². The van der Waals surface area contributed by atoms with Crippen molar-refractivity contribution in [2.45, 2.75) is 68.9 Å². The Kier molecular flexibility index (Phi) is 5.25. The van der Waals surface area contributed by atoms with Gasteiger partial charge in [0.2, 0.25) is 5.69 Å². The molecule has 1 amide bonds. The second-order valence-electron chi connectivity index (χ2n) is 10.9. The molecule has 3 N–H and O–H groups in total. The zero-order valence-corrected chi connectivity index (χ0v) is 20.4. The maximum atomic E-state index is 13.2. The molecular formula is C27H34N5O3+. The summed E-state index contributed by atoms with van der Waals surface area (Å²) in [5, 5.41) is 30.4. The number of nitrogens with one attached hydrogen (secondary N) is 1. The van der Waals surface area contributed by atoms with E-state index in [0.29, 0.717) is 17.5 Å². The molecule has 0 bridgehead atoms. The summed E-state index contributed by atoms with van der Waals surface area (Å²) >= 11 is 0. The fourth-order valence-electron chi connectivity index (χ4n) is 5.70. The van der Waals surface area contributed by atoms with Gasteiger partial charge in [0.15, 0.2) is 0 Å². The lowest BCUT2D eigenvalue weighted by Crippen LogP contribution is -2.43. The van der Waals surface area contributed by atoms with Crippen LogP contribution in [0.25, 0.3) is 10.9 Å². The van der Waals surface area contributed by atoms with Crippen molar-refractivity contribution >= 4 is 28.2 Å². The zero-order valence-electron chi connectivity index (χ0n) is 20.4. The molecule has 184 valence electrons. The average Bonchev–Trinajstić information content (AvgIpc) is 3.75. The van der Waals surface area contributed by atoms with Gasteiger partial charge in [-0.2, -0.15) is 5.10 Å². The molecule has 2 heterocycles. The molecule has 8 nitrogen and oxygen atoms in total. The molecule has 6 rings (SSSR count). The number of anilines is 2. The second-order valence-corrected chi connectivity index (χ2v) is 10.9. The lowest BCUT2D eigenvalue weighted by molar-refractivity contribution is -0.910. The number of hydrogen-bond acceptors (Lipinski definition) is 5. The molecule has 0 unspecified atom stereocenters. The smallest absolute Gasteiger partial charge is 0.325 e. The molecule has 2 aromatic heterocycles. The van der Waals surface area contributed by atoms with Crippen molar-refractivity contribution in [2.24, 2.45) is 5.92 Å². The molecule has 0 saturated heterocycles. The molecule has 0 aliphatic heterocycles. The van der Waals surface area contributed by atoms with Crippen molar-refractivity contribution in [3.8, 4) is 0 Å². The number of nitrogens with zero attached hydrogens (tertiary/aromatic N) is 4. The standard InChI is InChI=1S/C27H33N5O3/c1-30(2)25-15-21-18(16-31(29-21)20-10-12-27(34,13-11-20)19-8-9-19)14-22(25)28-26(33)24-5-3-4-23(32(24)35)17-6-7-17/h3-5,14-17,19-20,34H,6-13H2,1-2H3,(H-,28,33,35)/p+1. The van der Waals surface area contributed by atoms with Crippen LogP contribution in [-0.2, 0) is 0 Å². The number of fused-ring (bicyclic) bond motifs is 1. The molecule has 3 aliphatic carbocycles. The van der Waals surface area contributed by atoms with E-state index in [2.05, 4.69) is 11.5 Å². The maximum Gasteiger partial charge on any atom is 0.325 e. The number of rotatable bonds is 6. The monoisotopic (exact) mass is 476 g/mol. The van der Waals surface area contributed by atoms with Crippen molar-refractivity contribution in [1.29, 1.82) is 0 Å². The van der Waals surface area contributed by atoms with Gasteiger partial charge in [0.1, 0.15) is 0 Å². The molecule has 8 heteroatoms. The minimum atomic E-state index is -0.473. The van der Waals surface area contributed by atoms with Crippen molar-refractivity contribution < 1.29 is 19.8 Å². The Balaban J connectivity index is 1.26. The highest BCUT2D eigenvalue weighted by atomic mass is 16.5. The first-order valence-corrected chi connectivity index (χ1v) is 12.8. The van der Waals surface area contributed by atoms with E-state index in [1.54, 1.807) is 6.07 Å². The van der Waals surface area contributed by atoms with Gasteiger partial charge in [0, 0.05) is 48.5 Å². The van der Waals surface area contributed by atoms with Crippen molar-refractivity contribution in [3.63, 3.8) is 0 Å². The fourth-order valence-corrected chi connectivity index (χ4v) is 5.70. The summed E-state index contributed by atoms with van der Waals surface area (Å²) in [4.78, 5) is 15.1. The van der Waals surface area contributed by atoms with Crippen molar-refractivity contribution in [2.75, 3.05) is 24.3 Å². The molecule has 35 heavy (non-hydrogen) atoms. The van der Waals surface area contributed by atoms with Crippen LogP contribution in [0.15, 0.2) is 36.5 Å². The number of aliphatic hydroxyl groups is 1. The first-order valence-electron chi connectivity index (χ1n) is 12.8. The van der Waals surface area contributed by atoms with Gasteiger partial charge in [-0.15, -0.1) is 0 Å². The van der Waals surface area contributed by atoms with Crippen LogP contribution < -0.4 is 14.9 Å². The molecule has 3 fully saturated rings. The summed E-state index contributed by atoms with van der Waals surface area (Å²) in [5.41, 5.74) is 2.94. The summed E-state index contributed by atoms with van der Waals surface area (Å²) in [6.45, 7) is 0. The van der Waals surface area contributed by atoms with Gasteiger partial charge in [0.25, 0.3) is 0 Å². The first kappa shape index (κ1) is 22.3. The average molecular weight is 477 g/mol. The van der Waals surface area contributed by atoms with E-state index in [1.807, 2.05) is 47.9 Å². The third kappa shape index (κ3) is 4.14. The second kappa shape index (κ2) is 8.22. The first-order chi connectivity index (χ1) is 16.8. The number of benzene rings is 1. The third-order valence-corrected chi connectivity index (χ3v) is 8.12. The predicted molar refractivity (Wildman–Crippen MR) is 133 cm³/mol. The summed E-state index contributed by atoms with van der Waals surface area (Å²) in [5.74, 6) is 0.473. The van der Waals surface area contributed by atoms with Crippen LogP contribution >= 0.6 is 0 Å². The van der Waals surface area contributed by atoms with E-state index in [0.717, 1.165) is 78.4 Å². The minimum absolute atomic E-state index is 0.222. The van der Waals surface area contributed by atoms with E-state index in [1.165, 1.54) is 0 Å². The summed E-state index contributed by atoms with van der Waals surface area (Å²) in [6.07, 6.45) is 9.99. The molecule has 3 saturated carbocycles. The van der Waals surface area contributed by atoms with Gasteiger partial charge < -0.3 is 15.3 Å². The normalized spacial score (nSPS) is 24.5. The fraction of sp³-hybridized carbons (Fsp3) is 0.519. The van der Waals surface area contributed by atoms with Gasteiger partial charge in [-0.3, -0.25) is 14.7 Å². The van der Waals surface area contributed by atoms with Gasteiger partial charge in [0.05, 0.1) is 28.5 Å². The van der Waals surface area contributed by atoms with Gasteiger partial charge in [-0.25, -0.2) is 0 Å². The quantitative estimate of drug-likeness (QED) is 0.369. The number of amides is 1. The highest BCUT2D eigenvalue weighted by Crippen LogP contribution is 2.49. The topological polar surface area (TPSA) is 94.5 Å². The molecule has 0 spiro atoms. The lowest BCUT2D eigenvalue weighted by atomic mass is 9.79. The van der Waals surface area contributed by atoms with Crippen LogP contribution in [0, 0.1) is 5.92 Å². The number of aromatic nitrogens is 3.